The van der Waals surface area contributed by atoms with Crippen molar-refractivity contribution in [3.63, 3.8) is 0 Å². The monoisotopic (exact) mass is 498 g/mol. The number of thioether (sulfide) groups is 1. The summed E-state index contributed by atoms with van der Waals surface area (Å²) in [5.74, 6) is 0.977. The molecule has 0 saturated heterocycles. The first-order chi connectivity index (χ1) is 16.1. The Kier molecular flexibility index (Phi) is 5.55. The fraction of sp³-hybridized carbons (Fsp3) is 0.417. The summed E-state index contributed by atoms with van der Waals surface area (Å²) in [6, 6.07) is 5.27. The Hall–Kier alpha value is -2.16. The zero-order valence-corrected chi connectivity index (χ0v) is 20.4. The van der Waals surface area contributed by atoms with E-state index in [1.54, 1.807) is 29.5 Å². The van der Waals surface area contributed by atoms with Crippen molar-refractivity contribution in [1.82, 2.24) is 19.5 Å². The molecule has 1 fully saturated rings. The molecule has 170 valence electrons. The molecule has 6 nitrogen and oxygen atoms in total. The maximum absolute atomic E-state index is 13.8. The predicted molar refractivity (Wildman–Crippen MR) is 135 cm³/mol. The van der Waals surface area contributed by atoms with Gasteiger partial charge in [0, 0.05) is 15.9 Å². The van der Waals surface area contributed by atoms with Crippen LogP contribution in [0.4, 0.5) is 0 Å². The lowest BCUT2D eigenvalue weighted by atomic mass is 9.97. The molecule has 0 spiro atoms. The number of H-pyrrole nitrogens is 1. The number of thiophene rings is 1. The van der Waals surface area contributed by atoms with Gasteiger partial charge in [-0.05, 0) is 62.3 Å². The van der Waals surface area contributed by atoms with Gasteiger partial charge in [0.25, 0.3) is 11.1 Å². The number of nitrogens with zero attached hydrogens (tertiary/aromatic N) is 3. The normalized spacial score (nSPS) is 16.6. The van der Waals surface area contributed by atoms with Gasteiger partial charge in [0.05, 0.1) is 22.0 Å². The molecule has 33 heavy (non-hydrogen) atoms. The standard InChI is InChI=1S/C24H23ClN4O2S2/c25-13-9-10-15-17(11-13)26-19(27-21(15)30)12-32-24-28-22-20(16-7-3-4-8-18(16)33-22)23(31)29(24)14-5-1-2-6-14/h9-11,14H,1-8,12H2,(H,26,27,30). The lowest BCUT2D eigenvalue weighted by molar-refractivity contribution is 0.457. The molecular weight excluding hydrogens is 476 g/mol. The summed E-state index contributed by atoms with van der Waals surface area (Å²) in [5, 5.41) is 2.63. The Labute approximate surface area is 203 Å². The molecule has 1 aromatic carbocycles. The Morgan fingerprint density at radius 2 is 1.94 bits per heavy atom. The van der Waals surface area contributed by atoms with E-state index < -0.39 is 0 Å². The highest BCUT2D eigenvalue weighted by molar-refractivity contribution is 7.98. The van der Waals surface area contributed by atoms with Crippen LogP contribution >= 0.6 is 34.7 Å². The third kappa shape index (κ3) is 3.82. The number of aromatic nitrogens is 4. The number of halogens is 1. The van der Waals surface area contributed by atoms with Crippen LogP contribution < -0.4 is 11.1 Å². The Morgan fingerprint density at radius 1 is 1.12 bits per heavy atom. The molecule has 0 amide bonds. The molecule has 0 radical (unpaired) electrons. The molecule has 0 aliphatic heterocycles. The van der Waals surface area contributed by atoms with Gasteiger partial charge in [-0.2, -0.15) is 0 Å². The average molecular weight is 499 g/mol. The molecule has 6 rings (SSSR count). The highest BCUT2D eigenvalue weighted by atomic mass is 35.5. The number of aryl methyl sites for hydroxylation is 2. The molecule has 3 aromatic heterocycles. The van der Waals surface area contributed by atoms with Gasteiger partial charge in [0.1, 0.15) is 10.7 Å². The topological polar surface area (TPSA) is 80.6 Å². The smallest absolute Gasteiger partial charge is 0.263 e. The Balaban J connectivity index is 1.42. The Bertz CT molecular complexity index is 1500. The van der Waals surface area contributed by atoms with Gasteiger partial charge in [-0.3, -0.25) is 14.2 Å². The van der Waals surface area contributed by atoms with Crippen LogP contribution in [0.5, 0.6) is 0 Å². The maximum atomic E-state index is 13.8. The number of aromatic amines is 1. The summed E-state index contributed by atoms with van der Waals surface area (Å²) in [6.07, 6.45) is 8.66. The van der Waals surface area contributed by atoms with Crippen molar-refractivity contribution in [3.05, 3.63) is 60.2 Å². The molecule has 1 N–H and O–H groups in total. The predicted octanol–water partition coefficient (Wildman–Crippen LogP) is 5.63. The molecule has 0 unspecified atom stereocenters. The van der Waals surface area contributed by atoms with Gasteiger partial charge < -0.3 is 4.98 Å². The highest BCUT2D eigenvalue weighted by Crippen LogP contribution is 2.37. The van der Waals surface area contributed by atoms with Crippen molar-refractivity contribution in [2.45, 2.75) is 68.3 Å². The average Bonchev–Trinajstić information content (AvgIpc) is 3.45. The lowest BCUT2D eigenvalue weighted by Crippen LogP contribution is -2.26. The van der Waals surface area contributed by atoms with Crippen molar-refractivity contribution in [2.24, 2.45) is 0 Å². The largest absolute Gasteiger partial charge is 0.309 e. The number of fused-ring (bicyclic) bond motifs is 4. The fourth-order valence-corrected chi connectivity index (χ4v) is 7.55. The molecule has 0 bridgehead atoms. The van der Waals surface area contributed by atoms with E-state index in [-0.39, 0.29) is 17.2 Å². The first-order valence-corrected chi connectivity index (χ1v) is 13.6. The summed E-state index contributed by atoms with van der Waals surface area (Å²) >= 11 is 9.26. The molecule has 9 heteroatoms. The van der Waals surface area contributed by atoms with Gasteiger partial charge in [-0.1, -0.05) is 36.2 Å². The van der Waals surface area contributed by atoms with Crippen molar-refractivity contribution >= 4 is 55.8 Å². The number of nitrogens with one attached hydrogen (secondary N) is 1. The van der Waals surface area contributed by atoms with Gasteiger partial charge in [-0.15, -0.1) is 11.3 Å². The zero-order valence-electron chi connectivity index (χ0n) is 18.0. The van der Waals surface area contributed by atoms with E-state index in [1.807, 2.05) is 4.57 Å². The van der Waals surface area contributed by atoms with Crippen LogP contribution in [0.15, 0.2) is 32.9 Å². The van der Waals surface area contributed by atoms with Crippen LogP contribution in [0.25, 0.3) is 21.1 Å². The summed E-state index contributed by atoms with van der Waals surface area (Å²) < 4.78 is 1.94. The minimum absolute atomic E-state index is 0.112. The minimum Gasteiger partial charge on any atom is -0.309 e. The molecule has 0 atom stereocenters. The summed E-state index contributed by atoms with van der Waals surface area (Å²) in [4.78, 5) is 41.0. The number of hydrogen-bond acceptors (Lipinski definition) is 6. The van der Waals surface area contributed by atoms with E-state index in [1.165, 1.54) is 28.6 Å². The van der Waals surface area contributed by atoms with E-state index in [2.05, 4.69) is 9.97 Å². The maximum Gasteiger partial charge on any atom is 0.263 e. The summed E-state index contributed by atoms with van der Waals surface area (Å²) in [6.45, 7) is 0. The number of hydrogen-bond donors (Lipinski definition) is 1. The molecule has 3 heterocycles. The Morgan fingerprint density at radius 3 is 2.79 bits per heavy atom. The van der Waals surface area contributed by atoms with Gasteiger partial charge >= 0.3 is 0 Å². The van der Waals surface area contributed by atoms with E-state index in [4.69, 9.17) is 16.6 Å². The van der Waals surface area contributed by atoms with Crippen LogP contribution in [0, 0.1) is 0 Å². The lowest BCUT2D eigenvalue weighted by Gasteiger charge is -2.18. The van der Waals surface area contributed by atoms with Crippen molar-refractivity contribution in [1.29, 1.82) is 0 Å². The second kappa shape index (κ2) is 8.56. The van der Waals surface area contributed by atoms with Crippen LogP contribution in [-0.4, -0.2) is 19.5 Å². The fourth-order valence-electron chi connectivity index (χ4n) is 5.15. The number of benzene rings is 1. The van der Waals surface area contributed by atoms with E-state index in [0.717, 1.165) is 60.3 Å². The second-order valence-electron chi connectivity index (χ2n) is 8.86. The molecule has 2 aliphatic rings. The summed E-state index contributed by atoms with van der Waals surface area (Å²) in [7, 11) is 0. The van der Waals surface area contributed by atoms with Crippen LogP contribution in [0.1, 0.15) is 60.8 Å². The van der Waals surface area contributed by atoms with E-state index in [9.17, 15) is 9.59 Å². The van der Waals surface area contributed by atoms with Crippen molar-refractivity contribution in [2.75, 3.05) is 0 Å². The van der Waals surface area contributed by atoms with Crippen LogP contribution in [-0.2, 0) is 18.6 Å². The van der Waals surface area contributed by atoms with Gasteiger partial charge in [0.15, 0.2) is 5.16 Å². The second-order valence-corrected chi connectivity index (χ2v) is 11.3. The quantitative estimate of drug-likeness (QED) is 0.291. The third-order valence-corrected chi connectivity index (χ3v) is 9.12. The van der Waals surface area contributed by atoms with Crippen LogP contribution in [0.2, 0.25) is 5.02 Å². The highest BCUT2D eigenvalue weighted by Gasteiger charge is 2.27. The zero-order chi connectivity index (χ0) is 22.5. The first-order valence-electron chi connectivity index (χ1n) is 11.5. The molecule has 1 saturated carbocycles. The molecule has 2 aliphatic carbocycles. The van der Waals surface area contributed by atoms with E-state index >= 15 is 0 Å². The number of rotatable bonds is 4. The van der Waals surface area contributed by atoms with E-state index in [0.29, 0.717) is 27.5 Å². The minimum atomic E-state index is -0.185. The third-order valence-electron chi connectivity index (χ3n) is 6.73. The van der Waals surface area contributed by atoms with Gasteiger partial charge in [-0.25, -0.2) is 9.97 Å². The molecular formula is C24H23ClN4O2S2. The van der Waals surface area contributed by atoms with Crippen molar-refractivity contribution < 1.29 is 0 Å². The van der Waals surface area contributed by atoms with Crippen LogP contribution in [0.3, 0.4) is 0 Å². The SMILES string of the molecule is O=c1[nH]c(CSc2nc3sc4c(c3c(=O)n2C2CCCC2)CCCC4)nc2cc(Cl)ccc12. The van der Waals surface area contributed by atoms with Gasteiger partial charge in [0.2, 0.25) is 0 Å². The first kappa shape index (κ1) is 21.4. The summed E-state index contributed by atoms with van der Waals surface area (Å²) in [5.41, 5.74) is 1.74. The molecule has 4 aromatic rings. The van der Waals surface area contributed by atoms with Crippen molar-refractivity contribution in [3.8, 4) is 0 Å².